The molecular weight excluding hydrogens is 452 g/mol. The second kappa shape index (κ2) is 12.1. The maximum absolute atomic E-state index is 13.7. The molecule has 0 saturated carbocycles. The number of amides is 2. The van der Waals surface area contributed by atoms with E-state index in [-0.39, 0.29) is 17.6 Å². The van der Waals surface area contributed by atoms with Gasteiger partial charge in [0.15, 0.2) is 0 Å². The fourth-order valence-corrected chi connectivity index (χ4v) is 4.66. The Kier molecular flexibility index (Phi) is 9.16. The highest BCUT2D eigenvalue weighted by atomic mass is 32.2. The molecule has 0 spiro atoms. The Balaban J connectivity index is 1.92. The van der Waals surface area contributed by atoms with Crippen LogP contribution in [0.2, 0.25) is 0 Å². The molecule has 0 aliphatic heterocycles. The zero-order valence-corrected chi connectivity index (χ0v) is 22.2. The highest BCUT2D eigenvalue weighted by Crippen LogP contribution is 2.22. The topological polar surface area (TPSA) is 49.4 Å². The van der Waals surface area contributed by atoms with Gasteiger partial charge >= 0.3 is 0 Å². The normalized spacial score (nSPS) is 12.1. The summed E-state index contributed by atoms with van der Waals surface area (Å²) in [6, 6.07) is 25.6. The number of nitrogens with one attached hydrogen (secondary N) is 1. The lowest BCUT2D eigenvalue weighted by atomic mass is 10.0. The van der Waals surface area contributed by atoms with Crippen molar-refractivity contribution < 1.29 is 9.59 Å². The number of hydrogen-bond acceptors (Lipinski definition) is 3. The van der Waals surface area contributed by atoms with Gasteiger partial charge in [-0.25, -0.2) is 0 Å². The lowest BCUT2D eigenvalue weighted by Crippen LogP contribution is -2.54. The third-order valence-corrected chi connectivity index (χ3v) is 6.58. The number of nitrogens with zero attached hydrogens (tertiary/aromatic N) is 1. The number of carbonyl (C=O) groups is 2. The number of benzene rings is 3. The first-order valence-corrected chi connectivity index (χ1v) is 13.0. The van der Waals surface area contributed by atoms with Crippen molar-refractivity contribution in [1.29, 1.82) is 0 Å². The zero-order valence-electron chi connectivity index (χ0n) is 21.4. The van der Waals surface area contributed by atoms with Gasteiger partial charge in [0.05, 0.1) is 5.75 Å². The molecule has 3 aromatic carbocycles. The van der Waals surface area contributed by atoms with E-state index in [0.29, 0.717) is 13.0 Å². The number of rotatable bonds is 9. The van der Waals surface area contributed by atoms with Gasteiger partial charge in [-0.1, -0.05) is 77.9 Å². The predicted octanol–water partition coefficient (Wildman–Crippen LogP) is 5.95. The van der Waals surface area contributed by atoms with E-state index in [1.807, 2.05) is 107 Å². The van der Waals surface area contributed by atoms with Gasteiger partial charge in [0.25, 0.3) is 0 Å². The molecule has 3 rings (SSSR count). The molecule has 0 heterocycles. The molecule has 184 valence electrons. The molecule has 0 fully saturated rings. The number of thioether (sulfide) groups is 1. The SMILES string of the molecule is Cc1ccc(SCC(=O)N(Cc2cccc(C)c2)C(Cc2ccccc2)C(=O)NC(C)(C)C)cc1. The number of hydrogen-bond donors (Lipinski definition) is 1. The molecule has 0 aliphatic carbocycles. The van der Waals surface area contributed by atoms with Crippen LogP contribution in [0.1, 0.15) is 43.0 Å². The number of carbonyl (C=O) groups excluding carboxylic acids is 2. The smallest absolute Gasteiger partial charge is 0.243 e. The summed E-state index contributed by atoms with van der Waals surface area (Å²) in [5.41, 5.74) is 3.95. The minimum atomic E-state index is -0.622. The largest absolute Gasteiger partial charge is 0.350 e. The van der Waals surface area contributed by atoms with Gasteiger partial charge in [-0.2, -0.15) is 0 Å². The first-order valence-electron chi connectivity index (χ1n) is 12.0. The van der Waals surface area contributed by atoms with Crippen molar-refractivity contribution in [2.24, 2.45) is 0 Å². The second-order valence-electron chi connectivity index (χ2n) is 10.1. The van der Waals surface area contributed by atoms with Crippen molar-refractivity contribution in [3.05, 3.63) is 101 Å². The average molecular weight is 489 g/mol. The van der Waals surface area contributed by atoms with Gasteiger partial charge in [-0.05, 0) is 57.9 Å². The summed E-state index contributed by atoms with van der Waals surface area (Å²) in [5, 5.41) is 3.11. The Hall–Kier alpha value is -3.05. The van der Waals surface area contributed by atoms with E-state index in [1.54, 1.807) is 4.90 Å². The highest BCUT2D eigenvalue weighted by Gasteiger charge is 2.32. The van der Waals surface area contributed by atoms with E-state index < -0.39 is 11.6 Å². The lowest BCUT2D eigenvalue weighted by Gasteiger charge is -2.34. The van der Waals surface area contributed by atoms with Gasteiger partial charge in [0.1, 0.15) is 6.04 Å². The molecule has 1 atom stereocenters. The van der Waals surface area contributed by atoms with E-state index in [1.165, 1.54) is 17.3 Å². The van der Waals surface area contributed by atoms with Crippen LogP contribution in [0.4, 0.5) is 0 Å². The van der Waals surface area contributed by atoms with Crippen LogP contribution in [0, 0.1) is 13.8 Å². The Morgan fingerprint density at radius 2 is 1.51 bits per heavy atom. The second-order valence-corrected chi connectivity index (χ2v) is 11.1. The lowest BCUT2D eigenvalue weighted by molar-refractivity contribution is -0.140. The Morgan fingerprint density at radius 3 is 2.14 bits per heavy atom. The molecule has 0 saturated heterocycles. The monoisotopic (exact) mass is 488 g/mol. The van der Waals surface area contributed by atoms with Crippen molar-refractivity contribution in [3.8, 4) is 0 Å². The van der Waals surface area contributed by atoms with Gasteiger partial charge in [0.2, 0.25) is 11.8 Å². The zero-order chi connectivity index (χ0) is 25.4. The van der Waals surface area contributed by atoms with Crippen LogP contribution in [0.5, 0.6) is 0 Å². The van der Waals surface area contributed by atoms with E-state index in [9.17, 15) is 9.59 Å². The molecule has 1 unspecified atom stereocenters. The van der Waals surface area contributed by atoms with Crippen LogP contribution in [0.15, 0.2) is 83.8 Å². The van der Waals surface area contributed by atoms with Crippen molar-refractivity contribution in [2.75, 3.05) is 5.75 Å². The van der Waals surface area contributed by atoms with Crippen LogP contribution in [-0.2, 0) is 22.6 Å². The summed E-state index contributed by atoms with van der Waals surface area (Å²) in [6.07, 6.45) is 0.454. The Morgan fingerprint density at radius 1 is 0.857 bits per heavy atom. The quantitative estimate of drug-likeness (QED) is 0.379. The van der Waals surface area contributed by atoms with E-state index in [4.69, 9.17) is 0 Å². The molecule has 0 aromatic heterocycles. The van der Waals surface area contributed by atoms with Gasteiger partial charge in [-0.15, -0.1) is 11.8 Å². The van der Waals surface area contributed by atoms with Crippen LogP contribution in [0.3, 0.4) is 0 Å². The molecule has 5 heteroatoms. The van der Waals surface area contributed by atoms with Crippen LogP contribution < -0.4 is 5.32 Å². The summed E-state index contributed by atoms with van der Waals surface area (Å²) in [4.78, 5) is 30.1. The summed E-state index contributed by atoms with van der Waals surface area (Å²) < 4.78 is 0. The molecule has 35 heavy (non-hydrogen) atoms. The highest BCUT2D eigenvalue weighted by molar-refractivity contribution is 8.00. The fourth-order valence-electron chi connectivity index (χ4n) is 3.88. The van der Waals surface area contributed by atoms with Crippen molar-refractivity contribution >= 4 is 23.6 Å². The van der Waals surface area contributed by atoms with Crippen molar-refractivity contribution in [3.63, 3.8) is 0 Å². The minimum Gasteiger partial charge on any atom is -0.350 e. The standard InChI is InChI=1S/C30H36N2O2S/c1-22-14-16-26(17-15-22)35-21-28(33)32(20-25-13-9-10-23(2)18-25)27(29(34)31-30(3,4)5)19-24-11-7-6-8-12-24/h6-18,27H,19-21H2,1-5H3,(H,31,34). The molecule has 3 aromatic rings. The Labute approximate surface area is 214 Å². The maximum Gasteiger partial charge on any atom is 0.243 e. The molecule has 2 amide bonds. The van der Waals surface area contributed by atoms with Crippen molar-refractivity contribution in [1.82, 2.24) is 10.2 Å². The van der Waals surface area contributed by atoms with Crippen LogP contribution in [0.25, 0.3) is 0 Å². The van der Waals surface area contributed by atoms with E-state index in [2.05, 4.69) is 11.4 Å². The van der Waals surface area contributed by atoms with Crippen LogP contribution >= 0.6 is 11.8 Å². The van der Waals surface area contributed by atoms with Gasteiger partial charge in [-0.3, -0.25) is 9.59 Å². The maximum atomic E-state index is 13.7. The third kappa shape index (κ3) is 8.59. The summed E-state index contributed by atoms with van der Waals surface area (Å²) in [5.74, 6) is 0.0768. The molecule has 0 aliphatic rings. The molecule has 1 N–H and O–H groups in total. The summed E-state index contributed by atoms with van der Waals surface area (Å²) in [7, 11) is 0. The average Bonchev–Trinajstić information content (AvgIpc) is 2.80. The summed E-state index contributed by atoms with van der Waals surface area (Å²) in [6.45, 7) is 10.4. The summed E-state index contributed by atoms with van der Waals surface area (Å²) >= 11 is 1.50. The first kappa shape index (κ1) is 26.6. The molecule has 4 nitrogen and oxygen atoms in total. The first-order chi connectivity index (χ1) is 16.6. The van der Waals surface area contributed by atoms with Gasteiger partial charge < -0.3 is 10.2 Å². The van der Waals surface area contributed by atoms with Crippen molar-refractivity contribution in [2.45, 2.75) is 64.1 Å². The predicted molar refractivity (Wildman–Crippen MR) is 145 cm³/mol. The molecule has 0 bridgehead atoms. The Bertz CT molecular complexity index is 1120. The molecule has 0 radical (unpaired) electrons. The van der Waals surface area contributed by atoms with E-state index in [0.717, 1.165) is 21.6 Å². The van der Waals surface area contributed by atoms with E-state index >= 15 is 0 Å². The third-order valence-electron chi connectivity index (χ3n) is 5.59. The molecular formula is C30H36N2O2S. The van der Waals surface area contributed by atoms with Gasteiger partial charge in [0, 0.05) is 23.4 Å². The minimum absolute atomic E-state index is 0.0536. The van der Waals surface area contributed by atoms with Crippen LogP contribution in [-0.4, -0.2) is 34.0 Å². The fraction of sp³-hybridized carbons (Fsp3) is 0.333. The number of aryl methyl sites for hydroxylation is 2.